The molecule has 208 valence electrons. The Kier molecular flexibility index (Phi) is 6.72. The number of ether oxygens (including phenoxy) is 3. The van der Waals surface area contributed by atoms with Crippen LogP contribution in [0.3, 0.4) is 0 Å². The zero-order valence-electron chi connectivity index (χ0n) is 21.6. The van der Waals surface area contributed by atoms with Crippen LogP contribution in [0.5, 0.6) is 17.2 Å². The summed E-state index contributed by atoms with van der Waals surface area (Å²) in [6, 6.07) is 2.59. The van der Waals surface area contributed by atoms with Crippen molar-refractivity contribution in [2.45, 2.75) is 75.4 Å². The molecule has 7 unspecified atom stereocenters. The first-order valence-corrected chi connectivity index (χ1v) is 12.6. The lowest BCUT2D eigenvalue weighted by Crippen LogP contribution is -2.52. The molecule has 0 aromatic heterocycles. The molecule has 0 bridgehead atoms. The number of aromatic hydroxyl groups is 2. The van der Waals surface area contributed by atoms with Gasteiger partial charge in [0.15, 0.2) is 12.1 Å². The molecule has 2 aromatic rings. The highest BCUT2D eigenvalue weighted by atomic mass is 16.7. The van der Waals surface area contributed by atoms with Crippen molar-refractivity contribution >= 4 is 11.6 Å². The first-order valence-electron chi connectivity index (χ1n) is 12.6. The van der Waals surface area contributed by atoms with Crippen LogP contribution < -0.4 is 10.5 Å². The Morgan fingerprint density at radius 3 is 2.49 bits per heavy atom. The molecule has 12 nitrogen and oxygen atoms in total. The van der Waals surface area contributed by atoms with Crippen LogP contribution in [-0.4, -0.2) is 75.3 Å². The zero-order chi connectivity index (χ0) is 28.4. The van der Waals surface area contributed by atoms with E-state index in [0.717, 1.165) is 0 Å². The summed E-state index contributed by atoms with van der Waals surface area (Å²) in [5.74, 6) is -2.54. The maximum atomic E-state index is 13.7. The van der Waals surface area contributed by atoms with Gasteiger partial charge < -0.3 is 40.4 Å². The van der Waals surface area contributed by atoms with Gasteiger partial charge in [-0.25, -0.2) is 0 Å². The molecule has 6 N–H and O–H groups in total. The number of methoxy groups -OCH3 is 1. The lowest BCUT2D eigenvalue weighted by Gasteiger charge is -2.43. The fraction of sp³-hybridized carbons (Fsp3) is 0.481. The van der Waals surface area contributed by atoms with Gasteiger partial charge in [-0.3, -0.25) is 9.59 Å². The molecule has 12 heteroatoms. The van der Waals surface area contributed by atoms with E-state index in [4.69, 9.17) is 19.9 Å². The van der Waals surface area contributed by atoms with Crippen molar-refractivity contribution in [2.24, 2.45) is 10.9 Å². The van der Waals surface area contributed by atoms with Crippen LogP contribution in [0.2, 0.25) is 0 Å². The SMILES string of the molecule is COc1cccc2c1C(=O)c1c(O)c3c(c(O)c1C2=O)CC(O)(C(C)N=O)CC3OC1CC(N)C(O)C(C)O1. The Labute approximate surface area is 223 Å². The summed E-state index contributed by atoms with van der Waals surface area (Å²) in [5.41, 5.74) is 3.22. The molecule has 39 heavy (non-hydrogen) atoms. The minimum atomic E-state index is -1.83. The average molecular weight is 543 g/mol. The van der Waals surface area contributed by atoms with Gasteiger partial charge in [0.25, 0.3) is 0 Å². The number of rotatable bonds is 5. The van der Waals surface area contributed by atoms with Crippen LogP contribution in [-0.2, 0) is 15.9 Å². The van der Waals surface area contributed by atoms with Crippen molar-refractivity contribution in [1.29, 1.82) is 0 Å². The summed E-state index contributed by atoms with van der Waals surface area (Å²) in [6.45, 7) is 3.01. The van der Waals surface area contributed by atoms with Gasteiger partial charge in [-0.05, 0) is 19.9 Å². The van der Waals surface area contributed by atoms with Crippen LogP contribution in [0, 0.1) is 4.91 Å². The summed E-state index contributed by atoms with van der Waals surface area (Å²) in [5, 5.41) is 47.5. The molecule has 7 atom stereocenters. The van der Waals surface area contributed by atoms with E-state index in [9.17, 15) is 34.9 Å². The van der Waals surface area contributed by atoms with E-state index in [1.165, 1.54) is 32.2 Å². The van der Waals surface area contributed by atoms with E-state index in [1.54, 1.807) is 6.92 Å². The number of nitrogens with zero attached hydrogens (tertiary/aromatic N) is 1. The Balaban J connectivity index is 1.69. The molecule has 1 saturated heterocycles. The molecule has 3 aliphatic rings. The Morgan fingerprint density at radius 2 is 1.85 bits per heavy atom. The van der Waals surface area contributed by atoms with E-state index >= 15 is 0 Å². The monoisotopic (exact) mass is 542 g/mol. The number of hydrogen-bond donors (Lipinski definition) is 5. The number of carbonyl (C=O) groups excluding carboxylic acids is 2. The number of nitrogens with two attached hydrogens (primary N) is 1. The second-order valence-corrected chi connectivity index (χ2v) is 10.4. The Hall–Kier alpha value is -3.42. The minimum absolute atomic E-state index is 0.0135. The average Bonchev–Trinajstić information content (AvgIpc) is 2.90. The van der Waals surface area contributed by atoms with Crippen LogP contribution in [0.4, 0.5) is 0 Å². The van der Waals surface area contributed by atoms with Crippen LogP contribution in [0.1, 0.15) is 75.8 Å². The van der Waals surface area contributed by atoms with E-state index in [1.807, 2.05) is 0 Å². The van der Waals surface area contributed by atoms with E-state index < -0.39 is 76.5 Å². The van der Waals surface area contributed by atoms with Crippen LogP contribution in [0.25, 0.3) is 0 Å². The normalized spacial score (nSPS) is 30.7. The van der Waals surface area contributed by atoms with E-state index in [2.05, 4.69) is 5.18 Å². The molecule has 2 aliphatic carbocycles. The molecule has 0 spiro atoms. The second kappa shape index (κ2) is 9.65. The molecule has 1 heterocycles. The molecule has 0 amide bonds. The van der Waals surface area contributed by atoms with Gasteiger partial charge in [0, 0.05) is 42.0 Å². The van der Waals surface area contributed by atoms with E-state index in [0.29, 0.717) is 0 Å². The second-order valence-electron chi connectivity index (χ2n) is 10.4. The number of aliphatic hydroxyl groups is 2. The van der Waals surface area contributed by atoms with Gasteiger partial charge in [0.05, 0.1) is 47.7 Å². The zero-order valence-corrected chi connectivity index (χ0v) is 21.6. The molecule has 5 rings (SSSR count). The summed E-state index contributed by atoms with van der Waals surface area (Å²) in [7, 11) is 1.34. The summed E-state index contributed by atoms with van der Waals surface area (Å²) >= 11 is 0. The van der Waals surface area contributed by atoms with Gasteiger partial charge in [0.2, 0.25) is 5.78 Å². The Bertz CT molecular complexity index is 1370. The van der Waals surface area contributed by atoms with Crippen molar-refractivity contribution in [3.05, 3.63) is 56.5 Å². The predicted octanol–water partition coefficient (Wildman–Crippen LogP) is 1.59. The highest BCUT2D eigenvalue weighted by molar-refractivity contribution is 6.31. The lowest BCUT2D eigenvalue weighted by molar-refractivity contribution is -0.248. The fourth-order valence-corrected chi connectivity index (χ4v) is 5.84. The van der Waals surface area contributed by atoms with Gasteiger partial charge in [-0.15, -0.1) is 0 Å². The standard InChI is InChI=1S/C27H30N2O10/c1-10-22(30)14(28)7-17(38-10)39-16-9-27(35,11(2)29-36)8-13-19(16)26(34)21-20(24(13)32)23(31)12-5-4-6-15(37-3)18(12)25(21)33/h4-6,10-11,14,16-17,22,30,32,34-35H,7-9,28H2,1-3H3. The van der Waals surface area contributed by atoms with Crippen molar-refractivity contribution in [2.75, 3.05) is 7.11 Å². The number of aliphatic hydroxyl groups excluding tert-OH is 1. The number of fused-ring (bicyclic) bond motifs is 3. The number of ketones is 2. The molecular formula is C27H30N2O10. The maximum Gasteiger partial charge on any atom is 0.202 e. The number of phenolic OH excluding ortho intramolecular Hbond substituents is 2. The van der Waals surface area contributed by atoms with Gasteiger partial charge >= 0.3 is 0 Å². The highest BCUT2D eigenvalue weighted by Crippen LogP contribution is 2.53. The van der Waals surface area contributed by atoms with E-state index in [-0.39, 0.29) is 47.3 Å². The largest absolute Gasteiger partial charge is 0.507 e. The third-order valence-corrected chi connectivity index (χ3v) is 8.11. The maximum absolute atomic E-state index is 13.7. The quantitative estimate of drug-likeness (QED) is 0.232. The summed E-state index contributed by atoms with van der Waals surface area (Å²) < 4.78 is 17.2. The fourth-order valence-electron chi connectivity index (χ4n) is 5.84. The van der Waals surface area contributed by atoms with Gasteiger partial charge in [-0.2, -0.15) is 4.91 Å². The van der Waals surface area contributed by atoms with Crippen molar-refractivity contribution in [3.63, 3.8) is 0 Å². The summed E-state index contributed by atoms with van der Waals surface area (Å²) in [4.78, 5) is 38.7. The third-order valence-electron chi connectivity index (χ3n) is 8.11. The number of carbonyl (C=O) groups is 2. The predicted molar refractivity (Wildman–Crippen MR) is 135 cm³/mol. The number of phenols is 2. The van der Waals surface area contributed by atoms with Crippen molar-refractivity contribution in [3.8, 4) is 17.2 Å². The van der Waals surface area contributed by atoms with Crippen molar-refractivity contribution < 1.29 is 44.2 Å². The highest BCUT2D eigenvalue weighted by Gasteiger charge is 2.50. The third kappa shape index (κ3) is 4.10. The summed E-state index contributed by atoms with van der Waals surface area (Å²) in [6.07, 6.45) is -4.37. The molecular weight excluding hydrogens is 512 g/mol. The van der Waals surface area contributed by atoms with Crippen LogP contribution >= 0.6 is 0 Å². The number of nitroso groups, excluding NO2 is 1. The molecule has 0 radical (unpaired) electrons. The minimum Gasteiger partial charge on any atom is -0.507 e. The topological polar surface area (TPSA) is 198 Å². The number of hydrogen-bond acceptors (Lipinski definition) is 12. The smallest absolute Gasteiger partial charge is 0.202 e. The molecule has 1 fully saturated rings. The van der Waals surface area contributed by atoms with Crippen molar-refractivity contribution in [1.82, 2.24) is 0 Å². The molecule has 0 saturated carbocycles. The molecule has 1 aliphatic heterocycles. The van der Waals surface area contributed by atoms with Gasteiger partial charge in [0.1, 0.15) is 23.3 Å². The molecule has 2 aromatic carbocycles. The Morgan fingerprint density at radius 1 is 1.15 bits per heavy atom. The lowest BCUT2D eigenvalue weighted by atomic mass is 9.71. The number of benzene rings is 2. The van der Waals surface area contributed by atoms with Crippen LogP contribution in [0.15, 0.2) is 23.4 Å². The van der Waals surface area contributed by atoms with Gasteiger partial charge in [-0.1, -0.05) is 17.3 Å². The first-order chi connectivity index (χ1) is 18.4. The first kappa shape index (κ1) is 27.2.